The molecule has 6 nitrogen and oxygen atoms in total. The third-order valence-corrected chi connectivity index (χ3v) is 3.17. The van der Waals surface area contributed by atoms with Crippen molar-refractivity contribution in [3.63, 3.8) is 0 Å². The first kappa shape index (κ1) is 17.6. The third kappa shape index (κ3) is 5.13. The molecule has 0 spiro atoms. The highest BCUT2D eigenvalue weighted by Crippen LogP contribution is 2.10. The SMILES string of the molecule is COCCCNC(=O)c1ccnc(C(=O)Nc2ccc(F)cc2)c1. The number of nitrogens with zero attached hydrogens (tertiary/aromatic N) is 1. The summed E-state index contributed by atoms with van der Waals surface area (Å²) in [6.45, 7) is 1.04. The molecule has 0 saturated carbocycles. The van der Waals surface area contributed by atoms with Crippen molar-refractivity contribution in [1.29, 1.82) is 0 Å². The molecule has 0 saturated heterocycles. The Morgan fingerprint density at radius 3 is 2.62 bits per heavy atom. The molecular weight excluding hydrogens is 313 g/mol. The van der Waals surface area contributed by atoms with Crippen molar-refractivity contribution < 1.29 is 18.7 Å². The van der Waals surface area contributed by atoms with Gasteiger partial charge < -0.3 is 15.4 Å². The van der Waals surface area contributed by atoms with E-state index < -0.39 is 11.7 Å². The van der Waals surface area contributed by atoms with Crippen LogP contribution in [0.2, 0.25) is 0 Å². The zero-order valence-corrected chi connectivity index (χ0v) is 13.2. The maximum Gasteiger partial charge on any atom is 0.274 e. The van der Waals surface area contributed by atoms with E-state index >= 15 is 0 Å². The standard InChI is InChI=1S/C17H18FN3O3/c1-24-10-2-8-20-16(22)12-7-9-19-15(11-12)17(23)21-14-5-3-13(18)4-6-14/h3-7,9,11H,2,8,10H2,1H3,(H,20,22)(H,21,23). The number of halogens is 1. The molecule has 0 fully saturated rings. The monoisotopic (exact) mass is 331 g/mol. The Kier molecular flexibility index (Phi) is 6.39. The molecule has 1 heterocycles. The Balaban J connectivity index is 1.99. The zero-order valence-electron chi connectivity index (χ0n) is 13.2. The number of hydrogen-bond donors (Lipinski definition) is 2. The van der Waals surface area contributed by atoms with Crippen LogP contribution in [0.25, 0.3) is 0 Å². The van der Waals surface area contributed by atoms with Crippen LogP contribution in [0.15, 0.2) is 42.6 Å². The smallest absolute Gasteiger partial charge is 0.274 e. The second-order valence-corrected chi connectivity index (χ2v) is 4.99. The zero-order chi connectivity index (χ0) is 17.4. The molecule has 2 N–H and O–H groups in total. The van der Waals surface area contributed by atoms with Crippen LogP contribution < -0.4 is 10.6 Å². The van der Waals surface area contributed by atoms with E-state index in [9.17, 15) is 14.0 Å². The molecule has 1 aromatic heterocycles. The molecule has 0 bridgehead atoms. The summed E-state index contributed by atoms with van der Waals surface area (Å²) < 4.78 is 17.8. The van der Waals surface area contributed by atoms with Crippen LogP contribution in [0.3, 0.4) is 0 Å². The summed E-state index contributed by atoms with van der Waals surface area (Å²) >= 11 is 0. The quantitative estimate of drug-likeness (QED) is 0.763. The van der Waals surface area contributed by atoms with Crippen LogP contribution >= 0.6 is 0 Å². The molecule has 2 amide bonds. The number of ether oxygens (including phenoxy) is 1. The van der Waals surface area contributed by atoms with E-state index in [2.05, 4.69) is 15.6 Å². The maximum atomic E-state index is 12.9. The Labute approximate surface area is 139 Å². The number of amides is 2. The topological polar surface area (TPSA) is 80.3 Å². The summed E-state index contributed by atoms with van der Waals surface area (Å²) in [5.74, 6) is -1.15. The fourth-order valence-electron chi connectivity index (χ4n) is 1.94. The van der Waals surface area contributed by atoms with Gasteiger partial charge in [-0.25, -0.2) is 4.39 Å². The largest absolute Gasteiger partial charge is 0.385 e. The predicted octanol–water partition coefficient (Wildman–Crippen LogP) is 2.24. The molecule has 0 aliphatic rings. The number of anilines is 1. The van der Waals surface area contributed by atoms with Crippen LogP contribution in [0.1, 0.15) is 27.3 Å². The number of nitrogens with one attached hydrogen (secondary N) is 2. The molecule has 7 heteroatoms. The van der Waals surface area contributed by atoms with Crippen LogP contribution in [0, 0.1) is 5.82 Å². The van der Waals surface area contributed by atoms with E-state index in [1.807, 2.05) is 0 Å². The van der Waals surface area contributed by atoms with E-state index in [4.69, 9.17) is 4.74 Å². The number of benzene rings is 1. The van der Waals surface area contributed by atoms with Gasteiger partial charge in [0.15, 0.2) is 0 Å². The molecular formula is C17H18FN3O3. The number of methoxy groups -OCH3 is 1. The Bertz CT molecular complexity index is 704. The summed E-state index contributed by atoms with van der Waals surface area (Å²) in [5.41, 5.74) is 0.883. The van der Waals surface area contributed by atoms with Gasteiger partial charge in [-0.05, 0) is 42.8 Å². The van der Waals surface area contributed by atoms with Gasteiger partial charge in [0.1, 0.15) is 11.5 Å². The summed E-state index contributed by atoms with van der Waals surface area (Å²) in [4.78, 5) is 28.1. The van der Waals surface area contributed by atoms with Crippen LogP contribution in [0.5, 0.6) is 0 Å². The lowest BCUT2D eigenvalue weighted by molar-refractivity contribution is 0.0948. The van der Waals surface area contributed by atoms with E-state index in [0.717, 1.165) is 0 Å². The number of carbonyl (C=O) groups excluding carboxylic acids is 2. The van der Waals surface area contributed by atoms with Gasteiger partial charge >= 0.3 is 0 Å². The minimum absolute atomic E-state index is 0.101. The van der Waals surface area contributed by atoms with E-state index in [-0.39, 0.29) is 11.6 Å². The Morgan fingerprint density at radius 2 is 1.92 bits per heavy atom. The van der Waals surface area contributed by atoms with Crippen molar-refractivity contribution in [2.24, 2.45) is 0 Å². The average Bonchev–Trinajstić information content (AvgIpc) is 2.60. The van der Waals surface area contributed by atoms with Gasteiger partial charge in [-0.1, -0.05) is 0 Å². The number of aromatic nitrogens is 1. The third-order valence-electron chi connectivity index (χ3n) is 3.17. The highest BCUT2D eigenvalue weighted by Gasteiger charge is 2.12. The van der Waals surface area contributed by atoms with Crippen molar-refractivity contribution >= 4 is 17.5 Å². The molecule has 2 rings (SSSR count). The molecule has 0 radical (unpaired) electrons. The van der Waals surface area contributed by atoms with Crippen molar-refractivity contribution in [2.45, 2.75) is 6.42 Å². The van der Waals surface area contributed by atoms with E-state index in [1.165, 1.54) is 42.6 Å². The van der Waals surface area contributed by atoms with Crippen molar-refractivity contribution in [3.8, 4) is 0 Å². The van der Waals surface area contributed by atoms with Crippen molar-refractivity contribution in [2.75, 3.05) is 25.6 Å². The van der Waals surface area contributed by atoms with Gasteiger partial charge in [0.2, 0.25) is 0 Å². The minimum Gasteiger partial charge on any atom is -0.385 e. The highest BCUT2D eigenvalue weighted by molar-refractivity contribution is 6.04. The summed E-state index contributed by atoms with van der Waals surface area (Å²) in [6.07, 6.45) is 2.09. The first-order chi connectivity index (χ1) is 11.6. The first-order valence-electron chi connectivity index (χ1n) is 7.40. The lowest BCUT2D eigenvalue weighted by Gasteiger charge is -2.07. The van der Waals surface area contributed by atoms with Crippen LogP contribution in [0.4, 0.5) is 10.1 Å². The predicted molar refractivity (Wildman–Crippen MR) is 87.4 cm³/mol. The Hall–Kier alpha value is -2.80. The van der Waals surface area contributed by atoms with Gasteiger partial charge in [-0.2, -0.15) is 0 Å². The fourth-order valence-corrected chi connectivity index (χ4v) is 1.94. The van der Waals surface area contributed by atoms with E-state index in [1.54, 1.807) is 7.11 Å². The number of hydrogen-bond acceptors (Lipinski definition) is 4. The molecule has 0 aliphatic heterocycles. The van der Waals surface area contributed by atoms with Gasteiger partial charge in [0.25, 0.3) is 11.8 Å². The fraction of sp³-hybridized carbons (Fsp3) is 0.235. The normalized spacial score (nSPS) is 10.2. The number of carbonyl (C=O) groups is 2. The summed E-state index contributed by atoms with van der Waals surface area (Å²) in [6, 6.07) is 8.31. The summed E-state index contributed by atoms with van der Waals surface area (Å²) in [5, 5.41) is 5.33. The second kappa shape index (κ2) is 8.73. The van der Waals surface area contributed by atoms with Gasteiger partial charge in [0.05, 0.1) is 0 Å². The van der Waals surface area contributed by atoms with Gasteiger partial charge in [-0.3, -0.25) is 14.6 Å². The number of pyridine rings is 1. The lowest BCUT2D eigenvalue weighted by atomic mass is 10.2. The minimum atomic E-state index is -0.476. The van der Waals surface area contributed by atoms with Gasteiger partial charge in [-0.15, -0.1) is 0 Å². The molecule has 0 aliphatic carbocycles. The highest BCUT2D eigenvalue weighted by atomic mass is 19.1. The molecule has 0 atom stereocenters. The van der Waals surface area contributed by atoms with Crippen molar-refractivity contribution in [1.82, 2.24) is 10.3 Å². The Morgan fingerprint density at radius 1 is 1.17 bits per heavy atom. The first-order valence-corrected chi connectivity index (χ1v) is 7.40. The van der Waals surface area contributed by atoms with Gasteiger partial charge in [0, 0.05) is 37.7 Å². The second-order valence-electron chi connectivity index (χ2n) is 4.99. The van der Waals surface area contributed by atoms with E-state index in [0.29, 0.717) is 30.8 Å². The van der Waals surface area contributed by atoms with Crippen molar-refractivity contribution in [3.05, 3.63) is 59.7 Å². The number of rotatable bonds is 7. The molecule has 126 valence electrons. The lowest BCUT2D eigenvalue weighted by Crippen LogP contribution is -2.25. The molecule has 24 heavy (non-hydrogen) atoms. The molecule has 0 unspecified atom stereocenters. The average molecular weight is 331 g/mol. The van der Waals surface area contributed by atoms with Crippen LogP contribution in [-0.4, -0.2) is 37.1 Å². The molecule has 2 aromatic rings. The maximum absolute atomic E-state index is 12.9. The summed E-state index contributed by atoms with van der Waals surface area (Å²) in [7, 11) is 1.59. The molecule has 1 aromatic carbocycles. The van der Waals surface area contributed by atoms with Crippen LogP contribution in [-0.2, 0) is 4.74 Å².